The van der Waals surface area contributed by atoms with E-state index in [-0.39, 0.29) is 29.6 Å². The van der Waals surface area contributed by atoms with E-state index in [2.05, 4.69) is 0 Å². The first-order chi connectivity index (χ1) is 1.73. The third kappa shape index (κ3) is 21.1. The van der Waals surface area contributed by atoms with Crippen LogP contribution in [0.15, 0.2) is 0 Å². The maximum absolute atomic E-state index is 4.95. The Morgan fingerprint density at radius 1 is 1.00 bits per heavy atom. The van der Waals surface area contributed by atoms with Gasteiger partial charge in [-0.1, -0.05) is 0 Å². The minimum atomic E-state index is -1.75. The summed E-state index contributed by atoms with van der Waals surface area (Å²) >= 11 is -1.75. The van der Waals surface area contributed by atoms with Gasteiger partial charge in [0.25, 0.3) is 0 Å². The molecule has 0 rings (SSSR count). The molecule has 0 heterocycles. The summed E-state index contributed by atoms with van der Waals surface area (Å²) < 4.78 is 0. The van der Waals surface area contributed by atoms with Crippen LogP contribution in [0.1, 0.15) is 0 Å². The summed E-state index contributed by atoms with van der Waals surface area (Å²) in [6.07, 6.45) is 0. The van der Waals surface area contributed by atoms with Crippen LogP contribution in [0.5, 0.6) is 0 Å². The van der Waals surface area contributed by atoms with Crippen molar-refractivity contribution in [1.82, 2.24) is 0 Å². The topological polar surface area (TPSA) is 0 Å². The predicted molar refractivity (Wildman–Crippen MR) is 17.6 cm³/mol. The van der Waals surface area contributed by atoms with Crippen LogP contribution in [0.4, 0.5) is 0 Å². The van der Waals surface area contributed by atoms with Crippen LogP contribution in [0, 0.1) is 0 Å². The van der Waals surface area contributed by atoms with Crippen LogP contribution in [0.3, 0.4) is 0 Å². The molecule has 5 heteroatoms. The molecular formula is Cl3NaRu+. The Kier molecular flexibility index (Phi) is 13.6. The van der Waals surface area contributed by atoms with E-state index < -0.39 is 13.0 Å². The molecule has 0 aromatic carbocycles. The first-order valence-electron chi connectivity index (χ1n) is 0.401. The van der Waals surface area contributed by atoms with Gasteiger partial charge in [0.15, 0.2) is 0 Å². The van der Waals surface area contributed by atoms with Gasteiger partial charge in [0.2, 0.25) is 0 Å². The zero-order chi connectivity index (χ0) is 3.58. The molecule has 0 fully saturated rings. The molecule has 0 aliphatic rings. The fourth-order valence-corrected chi connectivity index (χ4v) is 0. The third-order valence-corrected chi connectivity index (χ3v) is 0. The van der Waals surface area contributed by atoms with Gasteiger partial charge < -0.3 is 0 Å². The van der Waals surface area contributed by atoms with Gasteiger partial charge in [-0.25, -0.2) is 0 Å². The van der Waals surface area contributed by atoms with Gasteiger partial charge in [-0.3, -0.25) is 0 Å². The van der Waals surface area contributed by atoms with Crippen molar-refractivity contribution in [3.05, 3.63) is 0 Å². The summed E-state index contributed by atoms with van der Waals surface area (Å²) in [5.74, 6) is 0. The number of hydrogen-bond donors (Lipinski definition) is 0. The van der Waals surface area contributed by atoms with Crippen LogP contribution in [-0.4, -0.2) is 0 Å². The molecule has 0 bridgehead atoms. The van der Waals surface area contributed by atoms with Crippen LogP contribution in [-0.2, 0) is 13.0 Å². The van der Waals surface area contributed by atoms with Gasteiger partial charge >= 0.3 is 71.6 Å². The van der Waals surface area contributed by atoms with Crippen molar-refractivity contribution in [3.63, 3.8) is 0 Å². The molecule has 0 radical (unpaired) electrons. The van der Waals surface area contributed by atoms with E-state index in [0.717, 1.165) is 0 Å². The first kappa shape index (κ1) is 10.5. The van der Waals surface area contributed by atoms with E-state index in [9.17, 15) is 0 Å². The van der Waals surface area contributed by atoms with E-state index in [1.165, 1.54) is 0 Å². The second-order valence-corrected chi connectivity index (χ2v) is 8.07. The van der Waals surface area contributed by atoms with Gasteiger partial charge in [0.05, 0.1) is 0 Å². The Morgan fingerprint density at radius 2 is 1.00 bits per heavy atom. The van der Waals surface area contributed by atoms with Crippen molar-refractivity contribution in [2.75, 3.05) is 0 Å². The molecule has 0 aromatic rings. The number of halogens is 3. The van der Waals surface area contributed by atoms with E-state index in [1.807, 2.05) is 0 Å². The molecule has 0 unspecified atom stereocenters. The second kappa shape index (κ2) is 6.49. The number of hydrogen-bond acceptors (Lipinski definition) is 0. The van der Waals surface area contributed by atoms with Crippen molar-refractivity contribution >= 4 is 29.1 Å². The first-order valence-corrected chi connectivity index (χ1v) is 7.12. The largest absolute Gasteiger partial charge is 1.00 e. The summed E-state index contributed by atoms with van der Waals surface area (Å²) in [6, 6.07) is 0. The van der Waals surface area contributed by atoms with Gasteiger partial charge in [-0.15, -0.1) is 0 Å². The average molecular weight is 230 g/mol. The zero-order valence-electron chi connectivity index (χ0n) is 2.49. The minimum absolute atomic E-state index is 0. The van der Waals surface area contributed by atoms with Crippen molar-refractivity contribution in [2.45, 2.75) is 0 Å². The van der Waals surface area contributed by atoms with Crippen LogP contribution in [0.25, 0.3) is 0 Å². The monoisotopic (exact) mass is 230 g/mol. The summed E-state index contributed by atoms with van der Waals surface area (Å²) in [6.45, 7) is 0. The van der Waals surface area contributed by atoms with Crippen molar-refractivity contribution in [1.29, 1.82) is 0 Å². The van der Waals surface area contributed by atoms with Gasteiger partial charge in [0.1, 0.15) is 0 Å². The van der Waals surface area contributed by atoms with Crippen LogP contribution >= 0.6 is 29.1 Å². The molecule has 0 atom stereocenters. The maximum Gasteiger partial charge on any atom is 1.00 e. The molecule has 0 amide bonds. The Bertz CT molecular complexity index is 11.6. The predicted octanol–water partition coefficient (Wildman–Crippen LogP) is -0.930. The van der Waals surface area contributed by atoms with Crippen molar-refractivity contribution in [2.24, 2.45) is 0 Å². The molecule has 29 valence electrons. The molecule has 0 aliphatic carbocycles. The molecule has 0 saturated heterocycles. The van der Waals surface area contributed by atoms with E-state index in [4.69, 9.17) is 29.1 Å². The maximum atomic E-state index is 4.95. The van der Waals surface area contributed by atoms with Crippen molar-refractivity contribution < 1.29 is 42.5 Å². The molecule has 0 saturated carbocycles. The quantitative estimate of drug-likeness (QED) is 0.472. The summed E-state index contributed by atoms with van der Waals surface area (Å²) in [5, 5.41) is 0. The smallest absolute Gasteiger partial charge is 1.00 e. The Hall–Kier alpha value is 2.49. The number of rotatable bonds is 0. The van der Waals surface area contributed by atoms with Gasteiger partial charge in [-0.2, -0.15) is 0 Å². The Morgan fingerprint density at radius 3 is 1.00 bits per heavy atom. The molecule has 0 aromatic heterocycles. The van der Waals surface area contributed by atoms with Crippen molar-refractivity contribution in [3.8, 4) is 0 Å². The molecule has 5 heavy (non-hydrogen) atoms. The molecule has 0 spiro atoms. The van der Waals surface area contributed by atoms with E-state index in [0.29, 0.717) is 0 Å². The fraction of sp³-hybridized carbons (Fsp3) is 0. The molecule has 0 N–H and O–H groups in total. The normalized spacial score (nSPS) is 9.00. The SMILES string of the molecule is [Cl][Ru]([Cl])[Cl].[Na+]. The van der Waals surface area contributed by atoms with Crippen LogP contribution < -0.4 is 29.6 Å². The summed E-state index contributed by atoms with van der Waals surface area (Å²) in [4.78, 5) is 0. The summed E-state index contributed by atoms with van der Waals surface area (Å²) in [7, 11) is 14.8. The van der Waals surface area contributed by atoms with Crippen LogP contribution in [0.2, 0.25) is 0 Å². The van der Waals surface area contributed by atoms with Gasteiger partial charge in [0, 0.05) is 0 Å². The zero-order valence-corrected chi connectivity index (χ0v) is 8.49. The molecule has 0 nitrogen and oxygen atoms in total. The third-order valence-electron chi connectivity index (χ3n) is 0. The molecular weight excluding hydrogens is 230 g/mol. The van der Waals surface area contributed by atoms with E-state index in [1.54, 1.807) is 0 Å². The Balaban J connectivity index is 0. The standard InChI is InChI=1S/3ClH.Na.Ru/h3*1H;;/q;;;+1;+3/p-3. The summed E-state index contributed by atoms with van der Waals surface area (Å²) in [5.41, 5.74) is 0. The average Bonchev–Trinajstić information content (AvgIpc) is 0.811. The fourth-order valence-electron chi connectivity index (χ4n) is 0. The Labute approximate surface area is 70.5 Å². The minimum Gasteiger partial charge on any atom is 1.00 e. The second-order valence-electron chi connectivity index (χ2n) is 0.152. The van der Waals surface area contributed by atoms with Gasteiger partial charge in [-0.05, 0) is 0 Å². The van der Waals surface area contributed by atoms with E-state index >= 15 is 0 Å². The molecule has 0 aliphatic heterocycles.